The largest absolute Gasteiger partial charge is 0.462 e. The molecule has 0 heterocycles. The van der Waals surface area contributed by atoms with E-state index in [4.69, 9.17) is 20.6 Å². The minimum atomic E-state index is -2.41. The van der Waals surface area contributed by atoms with Crippen molar-refractivity contribution < 1.29 is 50.5 Å². The fraction of sp³-hybridized carbons (Fsp3) is 0.545. The molecule has 0 spiro atoms. The van der Waals surface area contributed by atoms with Gasteiger partial charge in [0.2, 0.25) is 34.8 Å². The Labute approximate surface area is 188 Å². The maximum absolute atomic E-state index is 13.9. The molecule has 1 rings (SSSR count). The molecule has 0 aromatic heterocycles. The summed E-state index contributed by atoms with van der Waals surface area (Å²) in [4.78, 5) is 25.1. The van der Waals surface area contributed by atoms with Crippen LogP contribution in [0.2, 0.25) is 0 Å². The summed E-state index contributed by atoms with van der Waals surface area (Å²) >= 11 is 0. The van der Waals surface area contributed by atoms with Crippen molar-refractivity contribution in [2.24, 2.45) is 5.41 Å². The Morgan fingerprint density at radius 1 is 0.909 bits per heavy atom. The molecule has 6 nitrogen and oxygen atoms in total. The van der Waals surface area contributed by atoms with Gasteiger partial charge in [0.25, 0.3) is 0 Å². The van der Waals surface area contributed by atoms with Gasteiger partial charge in [0.05, 0.1) is 19.3 Å². The summed E-state index contributed by atoms with van der Waals surface area (Å²) in [7, 11) is 0. The number of hydrogen-bond acceptors (Lipinski definition) is 6. The number of benzene rings is 1. The van der Waals surface area contributed by atoms with Crippen LogP contribution in [0.5, 0.6) is 5.75 Å². The molecule has 0 radical (unpaired) electrons. The number of carbonyl (C=O) groups excluding carboxylic acids is 2. The van der Waals surface area contributed by atoms with E-state index in [1.807, 2.05) is 0 Å². The van der Waals surface area contributed by atoms with Crippen molar-refractivity contribution in [1.29, 1.82) is 0 Å². The summed E-state index contributed by atoms with van der Waals surface area (Å²) in [5, 5.41) is 0. The lowest BCUT2D eigenvalue weighted by Gasteiger charge is -2.30. The van der Waals surface area contributed by atoms with Crippen LogP contribution < -0.4 is 4.74 Å². The zero-order valence-electron chi connectivity index (χ0n) is 18.8. The van der Waals surface area contributed by atoms with Crippen molar-refractivity contribution in [2.75, 3.05) is 19.8 Å². The predicted molar refractivity (Wildman–Crippen MR) is 106 cm³/mol. The van der Waals surface area contributed by atoms with Gasteiger partial charge in [0.15, 0.2) is 5.60 Å². The molecule has 0 aliphatic heterocycles. The highest BCUT2D eigenvalue weighted by atomic mass is 19.2. The summed E-state index contributed by atoms with van der Waals surface area (Å²) in [5.41, 5.74) is -3.34. The summed E-state index contributed by atoms with van der Waals surface area (Å²) in [5.74, 6) is -13.4. The van der Waals surface area contributed by atoms with Gasteiger partial charge in [-0.1, -0.05) is 0 Å². The summed E-state index contributed by atoms with van der Waals surface area (Å²) in [6.07, 6.45) is 4.92. The number of halogens is 5. The van der Waals surface area contributed by atoms with Gasteiger partial charge in [-0.05, 0) is 34.6 Å². The minimum Gasteiger partial charge on any atom is -0.462 e. The summed E-state index contributed by atoms with van der Waals surface area (Å²) in [6.45, 7) is 6.05. The molecule has 1 unspecified atom stereocenters. The second-order valence-electron chi connectivity index (χ2n) is 8.10. The number of rotatable bonds is 11. The van der Waals surface area contributed by atoms with Gasteiger partial charge in [-0.2, -0.15) is 8.78 Å². The lowest BCUT2D eigenvalue weighted by molar-refractivity contribution is -0.176. The van der Waals surface area contributed by atoms with Crippen LogP contribution in [0.4, 0.5) is 22.0 Å². The third-order valence-electron chi connectivity index (χ3n) is 4.32. The highest BCUT2D eigenvalue weighted by Gasteiger charge is 2.42. The highest BCUT2D eigenvalue weighted by Crippen LogP contribution is 2.32. The quantitative estimate of drug-likeness (QED) is 0.0904. The molecule has 0 aliphatic rings. The number of esters is 2. The van der Waals surface area contributed by atoms with Crippen LogP contribution in [0.25, 0.3) is 0 Å². The number of ether oxygens (including phenoxy) is 4. The van der Waals surface area contributed by atoms with E-state index < -0.39 is 77.1 Å². The molecular weight excluding hydrogens is 455 g/mol. The molecule has 1 aromatic rings. The smallest absolute Gasteiger partial charge is 0.337 e. The van der Waals surface area contributed by atoms with E-state index >= 15 is 0 Å². The van der Waals surface area contributed by atoms with Crippen LogP contribution in [0.3, 0.4) is 0 Å². The monoisotopic (exact) mass is 480 g/mol. The minimum absolute atomic E-state index is 0.0502. The SMILES string of the molecule is C#CCCOC(C)(C)C(=O)OCC(C)(COC(C)C)C(=O)Oc1c(F)c(F)c(F)c(F)c1F. The number of terminal acetylenes is 1. The van der Waals surface area contributed by atoms with Gasteiger partial charge in [0, 0.05) is 6.42 Å². The van der Waals surface area contributed by atoms with E-state index in [9.17, 15) is 31.5 Å². The van der Waals surface area contributed by atoms with Gasteiger partial charge in [-0.15, -0.1) is 12.3 Å². The van der Waals surface area contributed by atoms with Gasteiger partial charge < -0.3 is 18.9 Å². The molecule has 1 atom stereocenters. The molecule has 33 heavy (non-hydrogen) atoms. The second kappa shape index (κ2) is 11.4. The van der Waals surface area contributed by atoms with Gasteiger partial charge >= 0.3 is 11.9 Å². The molecule has 0 saturated heterocycles. The van der Waals surface area contributed by atoms with Crippen molar-refractivity contribution in [2.45, 2.75) is 52.7 Å². The van der Waals surface area contributed by atoms with Crippen molar-refractivity contribution >= 4 is 11.9 Å². The third-order valence-corrected chi connectivity index (χ3v) is 4.32. The molecule has 0 N–H and O–H groups in total. The molecule has 11 heteroatoms. The Morgan fingerprint density at radius 3 is 1.91 bits per heavy atom. The van der Waals surface area contributed by atoms with Crippen molar-refractivity contribution in [3.8, 4) is 18.1 Å². The summed E-state index contributed by atoms with van der Waals surface area (Å²) < 4.78 is 88.3. The number of carbonyl (C=O) groups is 2. The lowest BCUT2D eigenvalue weighted by Crippen LogP contribution is -2.45. The van der Waals surface area contributed by atoms with Crippen LogP contribution in [0, 0.1) is 46.8 Å². The topological polar surface area (TPSA) is 71.1 Å². The first-order valence-electron chi connectivity index (χ1n) is 9.78. The molecule has 0 bridgehead atoms. The third kappa shape index (κ3) is 7.14. The van der Waals surface area contributed by atoms with Crippen molar-refractivity contribution in [1.82, 2.24) is 0 Å². The average molecular weight is 480 g/mol. The van der Waals surface area contributed by atoms with E-state index in [0.29, 0.717) is 0 Å². The van der Waals surface area contributed by atoms with E-state index in [0.717, 1.165) is 0 Å². The van der Waals surface area contributed by atoms with Crippen LogP contribution in [-0.2, 0) is 23.8 Å². The van der Waals surface area contributed by atoms with E-state index in [-0.39, 0.29) is 13.0 Å². The first-order valence-corrected chi connectivity index (χ1v) is 9.78. The standard InChI is InChI=1S/C22H25F5O6/c1-7-8-9-32-21(4,5)19(28)31-11-22(6,10-30-12(2)3)20(29)33-18-16(26)14(24)13(23)15(25)17(18)27/h1,12H,8-11H2,2-6H3. The van der Waals surface area contributed by atoms with Gasteiger partial charge in [-0.25, -0.2) is 18.0 Å². The van der Waals surface area contributed by atoms with Crippen LogP contribution >= 0.6 is 0 Å². The fourth-order valence-electron chi connectivity index (χ4n) is 2.22. The Bertz CT molecular complexity index is 896. The van der Waals surface area contributed by atoms with Crippen LogP contribution in [-0.4, -0.2) is 43.5 Å². The van der Waals surface area contributed by atoms with Crippen LogP contribution in [0.15, 0.2) is 0 Å². The van der Waals surface area contributed by atoms with E-state index in [2.05, 4.69) is 10.7 Å². The normalized spacial score (nSPS) is 13.4. The van der Waals surface area contributed by atoms with Gasteiger partial charge in [0.1, 0.15) is 12.0 Å². The maximum Gasteiger partial charge on any atom is 0.337 e. The molecule has 1 aromatic carbocycles. The van der Waals surface area contributed by atoms with Gasteiger partial charge in [-0.3, -0.25) is 4.79 Å². The Hall–Kier alpha value is -2.71. The lowest BCUT2D eigenvalue weighted by atomic mass is 9.92. The predicted octanol–water partition coefficient (Wildman–Crippen LogP) is 4.08. The summed E-state index contributed by atoms with van der Waals surface area (Å²) in [6, 6.07) is 0. The second-order valence-corrected chi connectivity index (χ2v) is 8.10. The Morgan fingerprint density at radius 2 is 1.42 bits per heavy atom. The zero-order chi connectivity index (χ0) is 25.6. The Kier molecular flexibility index (Phi) is 9.81. The maximum atomic E-state index is 13.9. The molecule has 0 amide bonds. The average Bonchev–Trinajstić information content (AvgIpc) is 2.76. The van der Waals surface area contributed by atoms with Crippen molar-refractivity contribution in [3.63, 3.8) is 0 Å². The Balaban J connectivity index is 3.13. The molecule has 0 saturated carbocycles. The molecule has 0 fully saturated rings. The molecular formula is C22H25F5O6. The van der Waals surface area contributed by atoms with E-state index in [1.165, 1.54) is 20.8 Å². The zero-order valence-corrected chi connectivity index (χ0v) is 18.8. The number of hydrogen-bond donors (Lipinski definition) is 0. The first-order chi connectivity index (χ1) is 15.2. The van der Waals surface area contributed by atoms with Crippen LogP contribution in [0.1, 0.15) is 41.0 Å². The highest BCUT2D eigenvalue weighted by molar-refractivity contribution is 5.81. The van der Waals surface area contributed by atoms with E-state index in [1.54, 1.807) is 13.8 Å². The molecule has 0 aliphatic carbocycles. The molecule has 184 valence electrons. The first kappa shape index (κ1) is 28.3. The fourth-order valence-corrected chi connectivity index (χ4v) is 2.22. The van der Waals surface area contributed by atoms with Crippen molar-refractivity contribution in [3.05, 3.63) is 29.1 Å².